The van der Waals surface area contributed by atoms with Crippen molar-refractivity contribution in [2.24, 2.45) is 0 Å². The molecule has 0 aliphatic rings. The molecule has 0 fully saturated rings. The number of benzene rings is 2. The average Bonchev–Trinajstić information content (AvgIpc) is 3.37. The second-order valence-electron chi connectivity index (χ2n) is 7.03. The van der Waals surface area contributed by atoms with E-state index >= 15 is 0 Å². The van der Waals surface area contributed by atoms with Crippen molar-refractivity contribution in [3.63, 3.8) is 0 Å². The van der Waals surface area contributed by atoms with Gasteiger partial charge in [0.1, 0.15) is 6.33 Å². The zero-order valence-corrected chi connectivity index (χ0v) is 16.5. The van der Waals surface area contributed by atoms with Crippen LogP contribution in [0.4, 0.5) is 5.69 Å². The topological polar surface area (TPSA) is 144 Å². The van der Waals surface area contributed by atoms with Crippen LogP contribution in [-0.2, 0) is 13.1 Å². The molecule has 32 heavy (non-hydrogen) atoms. The van der Waals surface area contributed by atoms with Crippen molar-refractivity contribution in [1.82, 2.24) is 29.1 Å². The van der Waals surface area contributed by atoms with Crippen LogP contribution in [0.5, 0.6) is 0 Å². The fourth-order valence-electron chi connectivity index (χ4n) is 3.52. The summed E-state index contributed by atoms with van der Waals surface area (Å²) in [5.74, 6) is -0.618. The van der Waals surface area contributed by atoms with E-state index in [9.17, 15) is 19.7 Å². The Morgan fingerprint density at radius 3 is 2.66 bits per heavy atom. The Labute approximate surface area is 178 Å². The molecule has 0 saturated heterocycles. The summed E-state index contributed by atoms with van der Waals surface area (Å²) in [5.41, 5.74) is 1.32. The Kier molecular flexibility index (Phi) is 4.58. The predicted octanol–water partition coefficient (Wildman–Crippen LogP) is 1.88. The fourth-order valence-corrected chi connectivity index (χ4v) is 3.52. The molecule has 3 heterocycles. The van der Waals surface area contributed by atoms with Gasteiger partial charge in [-0.2, -0.15) is 4.68 Å². The predicted molar refractivity (Wildman–Crippen MR) is 113 cm³/mol. The number of hydrogen-bond donors (Lipinski definition) is 0. The normalized spacial score (nSPS) is 11.4. The molecule has 0 aliphatic heterocycles. The number of oxazole rings is 1. The number of hydrogen-bond acceptors (Lipinski definition) is 8. The van der Waals surface area contributed by atoms with Gasteiger partial charge in [-0.3, -0.25) is 24.0 Å². The zero-order valence-electron chi connectivity index (χ0n) is 16.5. The van der Waals surface area contributed by atoms with Crippen molar-refractivity contribution >= 4 is 28.0 Å². The minimum atomic E-state index is -0.618. The van der Waals surface area contributed by atoms with Crippen LogP contribution >= 0.6 is 0 Å². The number of para-hydroxylation sites is 1. The quantitative estimate of drug-likeness (QED) is 0.292. The summed E-state index contributed by atoms with van der Waals surface area (Å²) in [6.45, 7) is 0.461. The summed E-state index contributed by atoms with van der Waals surface area (Å²) in [4.78, 5) is 39.8. The Morgan fingerprint density at radius 2 is 1.88 bits per heavy atom. The maximum Gasteiger partial charge on any atom is 0.419 e. The molecule has 3 aromatic heterocycles. The lowest BCUT2D eigenvalue weighted by atomic mass is 10.3. The smallest absolute Gasteiger partial charge is 0.408 e. The molecule has 0 bridgehead atoms. The Morgan fingerprint density at radius 1 is 1.06 bits per heavy atom. The van der Waals surface area contributed by atoms with Crippen LogP contribution in [0.3, 0.4) is 0 Å². The molecule has 12 nitrogen and oxygen atoms in total. The van der Waals surface area contributed by atoms with E-state index < -0.39 is 10.7 Å². The maximum absolute atomic E-state index is 12.8. The number of fused-ring (bicyclic) bond motifs is 2. The molecule has 0 amide bonds. The van der Waals surface area contributed by atoms with Crippen LogP contribution < -0.4 is 11.3 Å². The summed E-state index contributed by atoms with van der Waals surface area (Å²) in [7, 11) is 0. The third-order valence-electron chi connectivity index (χ3n) is 5.07. The van der Waals surface area contributed by atoms with Crippen LogP contribution in [0.15, 0.2) is 68.9 Å². The molecule has 0 saturated carbocycles. The van der Waals surface area contributed by atoms with Crippen molar-refractivity contribution in [2.75, 3.05) is 0 Å². The lowest BCUT2D eigenvalue weighted by Crippen LogP contribution is -2.23. The Balaban J connectivity index is 1.39. The van der Waals surface area contributed by atoms with E-state index in [2.05, 4.69) is 15.3 Å². The molecule has 0 spiro atoms. The summed E-state index contributed by atoms with van der Waals surface area (Å²) in [5, 5.41) is 19.0. The second kappa shape index (κ2) is 7.58. The molecule has 0 N–H and O–H groups in total. The van der Waals surface area contributed by atoms with Gasteiger partial charge in [0.15, 0.2) is 16.7 Å². The van der Waals surface area contributed by atoms with Gasteiger partial charge in [0.2, 0.25) is 0 Å². The monoisotopic (exact) mass is 433 g/mol. The first-order chi connectivity index (χ1) is 15.5. The number of nitro groups is 1. The van der Waals surface area contributed by atoms with Crippen LogP contribution in [0.2, 0.25) is 0 Å². The third kappa shape index (κ3) is 3.23. The van der Waals surface area contributed by atoms with Gasteiger partial charge in [0.05, 0.1) is 16.1 Å². The van der Waals surface area contributed by atoms with E-state index in [0.717, 1.165) is 5.69 Å². The van der Waals surface area contributed by atoms with E-state index in [4.69, 9.17) is 4.42 Å². The van der Waals surface area contributed by atoms with Gasteiger partial charge in [-0.25, -0.2) is 9.78 Å². The minimum absolute atomic E-state index is 0.137. The number of nitro benzene ring substituents is 1. The van der Waals surface area contributed by atoms with Gasteiger partial charge in [-0.15, -0.1) is 5.10 Å². The molecule has 0 radical (unpaired) electrons. The SMILES string of the molecule is O=c1c2nnn(-c3ccccc3)c2ncn1CCCn1c(=O)oc2ccc([N+](=O)[O-])cc21. The molecular weight excluding hydrogens is 418 g/mol. The highest BCUT2D eigenvalue weighted by Crippen LogP contribution is 2.20. The van der Waals surface area contributed by atoms with Gasteiger partial charge in [-0.1, -0.05) is 23.4 Å². The Hall–Kier alpha value is -4.61. The molecule has 0 unspecified atom stereocenters. The number of nitrogens with zero attached hydrogens (tertiary/aromatic N) is 7. The van der Waals surface area contributed by atoms with Crippen LogP contribution in [-0.4, -0.2) is 34.0 Å². The average molecular weight is 433 g/mol. The maximum atomic E-state index is 12.8. The third-order valence-corrected chi connectivity index (χ3v) is 5.07. The van der Waals surface area contributed by atoms with E-state index in [1.807, 2.05) is 30.3 Å². The molecule has 12 heteroatoms. The summed E-state index contributed by atoms with van der Waals surface area (Å²) in [6.07, 6.45) is 1.80. The van der Waals surface area contributed by atoms with Crippen LogP contribution in [0, 0.1) is 10.1 Å². The number of non-ortho nitro benzene ring substituents is 1. The summed E-state index contributed by atoms with van der Waals surface area (Å²) >= 11 is 0. The van der Waals surface area contributed by atoms with Crippen molar-refractivity contribution in [3.05, 3.63) is 85.9 Å². The first kappa shape index (κ1) is 19.4. The van der Waals surface area contributed by atoms with E-state index in [1.165, 1.54) is 38.3 Å². The van der Waals surface area contributed by atoms with E-state index in [-0.39, 0.29) is 35.4 Å². The van der Waals surface area contributed by atoms with E-state index in [1.54, 1.807) is 0 Å². The molecular formula is C20H15N7O5. The molecule has 2 aromatic carbocycles. The second-order valence-corrected chi connectivity index (χ2v) is 7.03. The van der Waals surface area contributed by atoms with Gasteiger partial charge in [0.25, 0.3) is 11.2 Å². The lowest BCUT2D eigenvalue weighted by molar-refractivity contribution is -0.384. The largest absolute Gasteiger partial charge is 0.419 e. The summed E-state index contributed by atoms with van der Waals surface area (Å²) in [6, 6.07) is 13.2. The highest BCUT2D eigenvalue weighted by atomic mass is 16.6. The van der Waals surface area contributed by atoms with Crippen LogP contribution in [0.1, 0.15) is 6.42 Å². The standard InChI is InChI=1S/C20H15N7O5/c28-19-17-18(26(23-22-17)13-5-2-1-3-6-13)21-12-24(19)9-4-10-25-15-11-14(27(30)31)7-8-16(15)32-20(25)29/h1-3,5-8,11-12H,4,9-10H2. The van der Waals surface area contributed by atoms with Crippen molar-refractivity contribution in [1.29, 1.82) is 0 Å². The number of rotatable bonds is 6. The molecule has 160 valence electrons. The first-order valence-corrected chi connectivity index (χ1v) is 9.67. The first-order valence-electron chi connectivity index (χ1n) is 9.67. The highest BCUT2D eigenvalue weighted by Gasteiger charge is 2.15. The van der Waals surface area contributed by atoms with Crippen molar-refractivity contribution < 1.29 is 9.34 Å². The Bertz CT molecular complexity index is 1580. The number of aryl methyl sites for hydroxylation is 2. The lowest BCUT2D eigenvalue weighted by Gasteiger charge is -2.06. The van der Waals surface area contributed by atoms with Gasteiger partial charge in [0, 0.05) is 25.2 Å². The van der Waals surface area contributed by atoms with Crippen LogP contribution in [0.25, 0.3) is 28.0 Å². The van der Waals surface area contributed by atoms with Crippen molar-refractivity contribution in [2.45, 2.75) is 19.5 Å². The molecule has 5 rings (SSSR count). The minimum Gasteiger partial charge on any atom is -0.408 e. The highest BCUT2D eigenvalue weighted by molar-refractivity contribution is 5.76. The number of aromatic nitrogens is 6. The molecule has 0 atom stereocenters. The fraction of sp³-hybridized carbons (Fsp3) is 0.150. The van der Waals surface area contributed by atoms with E-state index in [0.29, 0.717) is 17.6 Å². The van der Waals surface area contributed by atoms with Crippen molar-refractivity contribution in [3.8, 4) is 5.69 Å². The molecule has 5 aromatic rings. The molecule has 0 aliphatic carbocycles. The zero-order chi connectivity index (χ0) is 22.2. The van der Waals surface area contributed by atoms with Gasteiger partial charge in [-0.05, 0) is 24.6 Å². The van der Waals surface area contributed by atoms with Gasteiger partial charge >= 0.3 is 5.76 Å². The summed E-state index contributed by atoms with van der Waals surface area (Å²) < 4.78 is 9.34. The van der Waals surface area contributed by atoms with Gasteiger partial charge < -0.3 is 4.42 Å².